The number of thioether (sulfide) groups is 1. The monoisotopic (exact) mass is 323 g/mol. The molecule has 0 spiro atoms. The second-order valence-corrected chi connectivity index (χ2v) is 7.47. The molecule has 0 aliphatic rings. The van der Waals surface area contributed by atoms with Gasteiger partial charge in [-0.3, -0.25) is 9.36 Å². The van der Waals surface area contributed by atoms with Crippen molar-refractivity contribution in [3.8, 4) is 0 Å². The van der Waals surface area contributed by atoms with Crippen LogP contribution in [0.2, 0.25) is 0 Å². The van der Waals surface area contributed by atoms with Crippen LogP contribution in [0.1, 0.15) is 20.3 Å². The molecule has 1 atom stereocenters. The number of nitrogens with zero attached hydrogens (tertiary/aromatic N) is 1. The fourth-order valence-electron chi connectivity index (χ4n) is 2.27. The number of carboxylic acid groups (broad SMARTS) is 1. The van der Waals surface area contributed by atoms with Crippen molar-refractivity contribution >= 4 is 28.8 Å². The van der Waals surface area contributed by atoms with E-state index in [1.807, 2.05) is 38.1 Å². The van der Waals surface area contributed by atoms with Crippen LogP contribution >= 0.6 is 11.8 Å². The van der Waals surface area contributed by atoms with Crippen LogP contribution in [0.4, 0.5) is 0 Å². The van der Waals surface area contributed by atoms with E-state index in [2.05, 4.69) is 4.98 Å². The lowest BCUT2D eigenvalue weighted by Crippen LogP contribution is -2.46. The highest BCUT2D eigenvalue weighted by molar-refractivity contribution is 8.00. The maximum Gasteiger partial charge on any atom is 0.326 e. The molecule has 1 heterocycles. The molecule has 1 aromatic carbocycles. The molecule has 0 aliphatic carbocycles. The van der Waals surface area contributed by atoms with Crippen molar-refractivity contribution in [1.29, 1.82) is 0 Å². The van der Waals surface area contributed by atoms with E-state index in [4.69, 9.17) is 10.8 Å². The van der Waals surface area contributed by atoms with Gasteiger partial charge in [0.25, 0.3) is 0 Å². The number of rotatable bonds is 7. The minimum atomic E-state index is -0.995. The molecule has 0 amide bonds. The number of aromatic nitrogens is 2. The van der Waals surface area contributed by atoms with Gasteiger partial charge in [0.1, 0.15) is 6.04 Å². The van der Waals surface area contributed by atoms with Crippen LogP contribution in [-0.4, -0.2) is 37.2 Å². The Morgan fingerprint density at radius 1 is 1.45 bits per heavy atom. The van der Waals surface area contributed by atoms with E-state index in [1.165, 1.54) is 11.8 Å². The minimum Gasteiger partial charge on any atom is -0.480 e. The zero-order chi connectivity index (χ0) is 16.3. The van der Waals surface area contributed by atoms with Gasteiger partial charge < -0.3 is 15.8 Å². The number of aryl methyl sites for hydroxylation is 1. The molecule has 0 fully saturated rings. The number of aliphatic carboxylic acids is 1. The molecule has 0 saturated heterocycles. The molecular formula is C15H21N3O3S. The number of H-pyrrole nitrogens is 1. The van der Waals surface area contributed by atoms with Gasteiger partial charge in [-0.1, -0.05) is 12.1 Å². The standard InChI is InChI=1S/C15H21N3O3S/c1-15(2,12(16)13(19)20)22-9-5-8-18-11-7-4-3-6-10(11)17-14(18)21/h3-4,6-7,12H,5,8-9,16H2,1-2H3,(H,17,21)(H,19,20)/t12-/m1/s1. The van der Waals surface area contributed by atoms with Gasteiger partial charge in [0, 0.05) is 11.3 Å². The molecule has 0 aliphatic heterocycles. The van der Waals surface area contributed by atoms with E-state index in [9.17, 15) is 9.59 Å². The van der Waals surface area contributed by atoms with Gasteiger partial charge >= 0.3 is 11.7 Å². The summed E-state index contributed by atoms with van der Waals surface area (Å²) in [5, 5.41) is 8.99. The van der Waals surface area contributed by atoms with Gasteiger partial charge in [0.2, 0.25) is 0 Å². The first-order chi connectivity index (χ1) is 10.3. The molecule has 120 valence electrons. The minimum absolute atomic E-state index is 0.118. The first-order valence-electron chi connectivity index (χ1n) is 7.13. The van der Waals surface area contributed by atoms with Crippen molar-refractivity contribution in [2.45, 2.75) is 37.6 Å². The predicted molar refractivity (Wildman–Crippen MR) is 89.3 cm³/mol. The van der Waals surface area contributed by atoms with Gasteiger partial charge in [-0.25, -0.2) is 4.79 Å². The smallest absolute Gasteiger partial charge is 0.326 e. The van der Waals surface area contributed by atoms with E-state index in [1.54, 1.807) is 4.57 Å². The maximum atomic E-state index is 11.9. The molecule has 22 heavy (non-hydrogen) atoms. The lowest BCUT2D eigenvalue weighted by Gasteiger charge is -2.27. The highest BCUT2D eigenvalue weighted by Crippen LogP contribution is 2.28. The highest BCUT2D eigenvalue weighted by Gasteiger charge is 2.32. The number of benzene rings is 1. The Bertz CT molecular complexity index is 720. The van der Waals surface area contributed by atoms with Crippen molar-refractivity contribution in [2.24, 2.45) is 5.73 Å². The van der Waals surface area contributed by atoms with Crippen molar-refractivity contribution < 1.29 is 9.90 Å². The Balaban J connectivity index is 1.95. The summed E-state index contributed by atoms with van der Waals surface area (Å²) in [5.41, 5.74) is 7.29. The lowest BCUT2D eigenvalue weighted by atomic mass is 10.1. The van der Waals surface area contributed by atoms with Gasteiger partial charge in [-0.2, -0.15) is 11.8 Å². The van der Waals surface area contributed by atoms with Crippen LogP contribution in [0, 0.1) is 0 Å². The van der Waals surface area contributed by atoms with E-state index in [0.717, 1.165) is 23.2 Å². The first-order valence-corrected chi connectivity index (χ1v) is 8.11. The Morgan fingerprint density at radius 2 is 2.14 bits per heavy atom. The van der Waals surface area contributed by atoms with Crippen LogP contribution in [-0.2, 0) is 11.3 Å². The number of imidazole rings is 1. The Hall–Kier alpha value is -1.73. The van der Waals surface area contributed by atoms with Crippen LogP contribution in [0.5, 0.6) is 0 Å². The largest absolute Gasteiger partial charge is 0.480 e. The molecular weight excluding hydrogens is 302 g/mol. The van der Waals surface area contributed by atoms with E-state index in [0.29, 0.717) is 6.54 Å². The Morgan fingerprint density at radius 3 is 2.82 bits per heavy atom. The van der Waals surface area contributed by atoms with Crippen LogP contribution in [0.25, 0.3) is 11.0 Å². The normalized spacial score (nSPS) is 13.4. The summed E-state index contributed by atoms with van der Waals surface area (Å²) in [6.45, 7) is 4.25. The van der Waals surface area contributed by atoms with Crippen molar-refractivity contribution in [3.05, 3.63) is 34.7 Å². The molecule has 4 N–H and O–H groups in total. The average Bonchev–Trinajstić information content (AvgIpc) is 2.78. The molecule has 0 radical (unpaired) electrons. The summed E-state index contributed by atoms with van der Waals surface area (Å²) in [6, 6.07) is 6.65. The van der Waals surface area contributed by atoms with Gasteiger partial charge in [0.05, 0.1) is 11.0 Å². The van der Waals surface area contributed by atoms with E-state index < -0.39 is 16.8 Å². The first kappa shape index (κ1) is 16.6. The second kappa shape index (κ2) is 6.58. The molecule has 0 saturated carbocycles. The fraction of sp³-hybridized carbons (Fsp3) is 0.467. The Labute approximate surface area is 132 Å². The number of aromatic amines is 1. The number of hydrogen-bond acceptors (Lipinski definition) is 4. The summed E-state index contributed by atoms with van der Waals surface area (Å²) in [7, 11) is 0. The Kier molecular flexibility index (Phi) is 4.97. The summed E-state index contributed by atoms with van der Waals surface area (Å²) in [5.74, 6) is -0.259. The van der Waals surface area contributed by atoms with Crippen molar-refractivity contribution in [1.82, 2.24) is 9.55 Å². The van der Waals surface area contributed by atoms with Crippen molar-refractivity contribution in [3.63, 3.8) is 0 Å². The molecule has 6 nitrogen and oxygen atoms in total. The van der Waals surface area contributed by atoms with Crippen molar-refractivity contribution in [2.75, 3.05) is 5.75 Å². The van der Waals surface area contributed by atoms with Crippen LogP contribution < -0.4 is 11.4 Å². The lowest BCUT2D eigenvalue weighted by molar-refractivity contribution is -0.139. The molecule has 0 bridgehead atoms. The number of fused-ring (bicyclic) bond motifs is 1. The topological polar surface area (TPSA) is 101 Å². The fourth-order valence-corrected chi connectivity index (χ4v) is 3.35. The quantitative estimate of drug-likeness (QED) is 0.673. The third-order valence-electron chi connectivity index (χ3n) is 3.70. The third kappa shape index (κ3) is 3.53. The van der Waals surface area contributed by atoms with Gasteiger partial charge in [0.15, 0.2) is 0 Å². The number of hydrogen-bond donors (Lipinski definition) is 3. The zero-order valence-corrected chi connectivity index (χ0v) is 13.5. The van der Waals surface area contributed by atoms with Gasteiger partial charge in [-0.15, -0.1) is 0 Å². The molecule has 2 rings (SSSR count). The summed E-state index contributed by atoms with van der Waals surface area (Å²) < 4.78 is 1.16. The highest BCUT2D eigenvalue weighted by atomic mass is 32.2. The predicted octanol–water partition coefficient (Wildman–Crippen LogP) is 1.64. The number of para-hydroxylation sites is 2. The number of carboxylic acids is 1. The number of nitrogens with one attached hydrogen (secondary N) is 1. The SMILES string of the molecule is CC(C)(SCCCn1c(=O)[nH]c2ccccc21)[C@H](N)C(=O)O. The maximum absolute atomic E-state index is 11.9. The van der Waals surface area contributed by atoms with E-state index >= 15 is 0 Å². The third-order valence-corrected chi connectivity index (χ3v) is 5.19. The molecule has 0 unspecified atom stereocenters. The number of nitrogens with two attached hydrogens (primary N) is 1. The molecule has 7 heteroatoms. The summed E-state index contributed by atoms with van der Waals surface area (Å²) in [6.07, 6.45) is 0.766. The van der Waals surface area contributed by atoms with Gasteiger partial charge in [-0.05, 0) is 38.2 Å². The molecule has 2 aromatic rings. The van der Waals surface area contributed by atoms with Crippen LogP contribution in [0.15, 0.2) is 29.1 Å². The number of carbonyl (C=O) groups is 1. The van der Waals surface area contributed by atoms with Crippen LogP contribution in [0.3, 0.4) is 0 Å². The zero-order valence-electron chi connectivity index (χ0n) is 12.7. The molecule has 1 aromatic heterocycles. The van der Waals surface area contributed by atoms with E-state index in [-0.39, 0.29) is 5.69 Å². The second-order valence-electron chi connectivity index (χ2n) is 5.72. The average molecular weight is 323 g/mol. The summed E-state index contributed by atoms with van der Waals surface area (Å²) in [4.78, 5) is 25.7. The summed E-state index contributed by atoms with van der Waals surface area (Å²) >= 11 is 1.52.